The highest BCUT2D eigenvalue weighted by molar-refractivity contribution is 5.87. The van der Waals surface area contributed by atoms with Crippen LogP contribution in [0.3, 0.4) is 0 Å². The minimum absolute atomic E-state index is 0.465. The van der Waals surface area contributed by atoms with Gasteiger partial charge in [-0.05, 0) is 80.6 Å². The van der Waals surface area contributed by atoms with Crippen LogP contribution in [0.5, 0.6) is 5.75 Å². The van der Waals surface area contributed by atoms with E-state index in [9.17, 15) is 4.79 Å². The van der Waals surface area contributed by atoms with Crippen molar-refractivity contribution in [3.63, 3.8) is 0 Å². The lowest BCUT2D eigenvalue weighted by Gasteiger charge is -2.19. The normalized spacial score (nSPS) is 11.8. The molecule has 2 heterocycles. The first-order valence-electron chi connectivity index (χ1n) is 15.7. The molecule has 230 valence electrons. The van der Waals surface area contributed by atoms with Crippen LogP contribution in [-0.2, 0) is 31.2 Å². The van der Waals surface area contributed by atoms with Gasteiger partial charge < -0.3 is 18.6 Å². The molecule has 2 aromatic heterocycles. The van der Waals surface area contributed by atoms with Crippen molar-refractivity contribution in [3.05, 3.63) is 102 Å². The Balaban J connectivity index is 1.36. The molecule has 6 aromatic rings. The van der Waals surface area contributed by atoms with Crippen molar-refractivity contribution in [3.8, 4) is 28.3 Å². The van der Waals surface area contributed by atoms with Gasteiger partial charge in [0, 0.05) is 31.1 Å². The number of aromatic nitrogens is 4. The Morgan fingerprint density at radius 2 is 1.58 bits per heavy atom. The Labute approximate surface area is 264 Å². The molecule has 6 rings (SSSR count). The Morgan fingerprint density at radius 3 is 2.29 bits per heavy atom. The third-order valence-corrected chi connectivity index (χ3v) is 7.99. The van der Waals surface area contributed by atoms with E-state index in [-0.39, 0.29) is 0 Å². The summed E-state index contributed by atoms with van der Waals surface area (Å²) in [7, 11) is 2.08. The standard InChI is InChI=1S/C38H40N4O3/c1-7-13-34-40-35-26(8-2)22-28(36-39-30-15-10-11-16-31(30)41(36)6)23-32(35)42(34)24-25-18-20-27(21-19-25)29-14-9-12-17-33(29)44-37(43)45-38(3,4)5/h9-12,14-23H,7-8,13,24H2,1-6H3. The summed E-state index contributed by atoms with van der Waals surface area (Å²) in [5, 5.41) is 0. The number of aryl methyl sites for hydroxylation is 3. The fourth-order valence-corrected chi connectivity index (χ4v) is 5.86. The minimum Gasteiger partial charge on any atom is -0.428 e. The first-order valence-corrected chi connectivity index (χ1v) is 15.7. The van der Waals surface area contributed by atoms with Crippen LogP contribution in [0.1, 0.15) is 58.0 Å². The predicted octanol–water partition coefficient (Wildman–Crippen LogP) is 9.13. The molecular weight excluding hydrogens is 560 g/mol. The molecule has 0 bridgehead atoms. The number of carbonyl (C=O) groups is 1. The molecule has 0 atom stereocenters. The molecule has 0 aliphatic carbocycles. The number of carbonyl (C=O) groups excluding carboxylic acids is 1. The second kappa shape index (κ2) is 12.2. The summed E-state index contributed by atoms with van der Waals surface area (Å²) >= 11 is 0. The number of ether oxygens (including phenoxy) is 2. The Hall–Kier alpha value is -4.91. The molecule has 0 radical (unpaired) electrons. The predicted molar refractivity (Wildman–Crippen MR) is 181 cm³/mol. The van der Waals surface area contributed by atoms with E-state index in [0.717, 1.165) is 75.2 Å². The highest BCUT2D eigenvalue weighted by atomic mass is 16.7. The second-order valence-corrected chi connectivity index (χ2v) is 12.5. The van der Waals surface area contributed by atoms with Crippen LogP contribution in [-0.4, -0.2) is 30.9 Å². The Bertz CT molecular complexity index is 1990. The second-order valence-electron chi connectivity index (χ2n) is 12.5. The summed E-state index contributed by atoms with van der Waals surface area (Å²) in [6.45, 7) is 10.5. The van der Waals surface area contributed by atoms with Crippen LogP contribution in [0.4, 0.5) is 4.79 Å². The molecule has 0 fully saturated rings. The third kappa shape index (κ3) is 6.21. The average molecular weight is 601 g/mol. The topological polar surface area (TPSA) is 71.2 Å². The van der Waals surface area contributed by atoms with Gasteiger partial charge >= 0.3 is 6.16 Å². The molecule has 0 aliphatic heterocycles. The van der Waals surface area contributed by atoms with E-state index in [4.69, 9.17) is 19.4 Å². The maximum absolute atomic E-state index is 12.4. The number of hydrogen-bond acceptors (Lipinski definition) is 5. The average Bonchev–Trinajstić information content (AvgIpc) is 3.53. The van der Waals surface area contributed by atoms with E-state index in [1.54, 1.807) is 6.07 Å². The number of benzene rings is 4. The molecule has 0 amide bonds. The third-order valence-electron chi connectivity index (χ3n) is 7.99. The molecule has 0 saturated heterocycles. The number of para-hydroxylation sites is 3. The van der Waals surface area contributed by atoms with E-state index >= 15 is 0 Å². The fraction of sp³-hybridized carbons (Fsp3) is 0.289. The summed E-state index contributed by atoms with van der Waals surface area (Å²) in [5.74, 6) is 2.51. The zero-order chi connectivity index (χ0) is 31.7. The number of imidazole rings is 2. The smallest absolute Gasteiger partial charge is 0.428 e. The monoisotopic (exact) mass is 600 g/mol. The SMILES string of the molecule is CCCc1nc2c(CC)cc(-c3nc4ccccc4n3C)cc2n1Cc1ccc(-c2ccccc2OC(=O)OC(C)(C)C)cc1. The molecule has 0 aliphatic rings. The maximum atomic E-state index is 12.4. The van der Waals surface area contributed by atoms with Gasteiger partial charge in [-0.1, -0.05) is 68.4 Å². The molecule has 0 unspecified atom stereocenters. The molecule has 0 N–H and O–H groups in total. The Kier molecular flexibility index (Phi) is 8.19. The maximum Gasteiger partial charge on any atom is 0.514 e. The molecule has 0 saturated carbocycles. The Morgan fingerprint density at radius 1 is 0.844 bits per heavy atom. The number of hydrogen-bond donors (Lipinski definition) is 0. The van der Waals surface area contributed by atoms with Gasteiger partial charge in [-0.15, -0.1) is 0 Å². The molecule has 7 heteroatoms. The fourth-order valence-electron chi connectivity index (χ4n) is 5.86. The summed E-state index contributed by atoms with van der Waals surface area (Å²) in [5.41, 5.74) is 8.93. The summed E-state index contributed by atoms with van der Waals surface area (Å²) in [6.07, 6.45) is 2.07. The van der Waals surface area contributed by atoms with Crippen molar-refractivity contribution in [1.82, 2.24) is 19.1 Å². The summed E-state index contributed by atoms with van der Waals surface area (Å²) in [6, 6.07) is 28.7. The zero-order valence-electron chi connectivity index (χ0n) is 26.9. The van der Waals surface area contributed by atoms with Crippen LogP contribution in [0, 0.1) is 0 Å². The number of rotatable bonds is 8. The van der Waals surface area contributed by atoms with Crippen molar-refractivity contribution in [1.29, 1.82) is 0 Å². The summed E-state index contributed by atoms with van der Waals surface area (Å²) in [4.78, 5) is 22.6. The van der Waals surface area contributed by atoms with Gasteiger partial charge in [0.1, 0.15) is 23.0 Å². The molecular formula is C38H40N4O3. The largest absolute Gasteiger partial charge is 0.514 e. The van der Waals surface area contributed by atoms with Gasteiger partial charge in [0.15, 0.2) is 0 Å². The van der Waals surface area contributed by atoms with E-state index in [1.807, 2.05) is 45.0 Å². The van der Waals surface area contributed by atoms with Gasteiger partial charge in [0.25, 0.3) is 0 Å². The van der Waals surface area contributed by atoms with Gasteiger partial charge in [-0.2, -0.15) is 0 Å². The van der Waals surface area contributed by atoms with Crippen LogP contribution in [0.25, 0.3) is 44.6 Å². The summed E-state index contributed by atoms with van der Waals surface area (Å²) < 4.78 is 15.5. The van der Waals surface area contributed by atoms with E-state index in [2.05, 4.69) is 84.6 Å². The highest BCUT2D eigenvalue weighted by Crippen LogP contribution is 2.33. The van der Waals surface area contributed by atoms with Gasteiger partial charge in [0.05, 0.1) is 22.1 Å². The molecule has 0 spiro atoms. The van der Waals surface area contributed by atoms with Gasteiger partial charge in [-0.25, -0.2) is 14.8 Å². The van der Waals surface area contributed by atoms with E-state index in [0.29, 0.717) is 12.3 Å². The van der Waals surface area contributed by atoms with Crippen molar-refractivity contribution >= 4 is 28.2 Å². The quantitative estimate of drug-likeness (QED) is 0.129. The lowest BCUT2D eigenvalue weighted by Crippen LogP contribution is -2.26. The zero-order valence-corrected chi connectivity index (χ0v) is 26.9. The van der Waals surface area contributed by atoms with Crippen LogP contribution in [0.15, 0.2) is 84.9 Å². The van der Waals surface area contributed by atoms with Crippen LogP contribution < -0.4 is 4.74 Å². The number of fused-ring (bicyclic) bond motifs is 2. The van der Waals surface area contributed by atoms with E-state index < -0.39 is 11.8 Å². The van der Waals surface area contributed by atoms with Crippen LogP contribution >= 0.6 is 0 Å². The lowest BCUT2D eigenvalue weighted by atomic mass is 10.0. The van der Waals surface area contributed by atoms with Crippen molar-refractivity contribution in [2.45, 2.75) is 66.0 Å². The lowest BCUT2D eigenvalue weighted by molar-refractivity contribution is 0.0207. The van der Waals surface area contributed by atoms with Crippen molar-refractivity contribution in [2.75, 3.05) is 0 Å². The van der Waals surface area contributed by atoms with Crippen molar-refractivity contribution < 1.29 is 14.3 Å². The van der Waals surface area contributed by atoms with E-state index in [1.165, 1.54) is 5.56 Å². The van der Waals surface area contributed by atoms with Crippen LogP contribution in [0.2, 0.25) is 0 Å². The first kappa shape index (κ1) is 30.1. The highest BCUT2D eigenvalue weighted by Gasteiger charge is 2.20. The molecule has 4 aromatic carbocycles. The number of nitrogens with zero attached hydrogens (tertiary/aromatic N) is 4. The molecule has 45 heavy (non-hydrogen) atoms. The van der Waals surface area contributed by atoms with Gasteiger partial charge in [0.2, 0.25) is 0 Å². The van der Waals surface area contributed by atoms with Gasteiger partial charge in [-0.3, -0.25) is 0 Å². The first-order chi connectivity index (χ1) is 21.6. The van der Waals surface area contributed by atoms with Crippen molar-refractivity contribution in [2.24, 2.45) is 7.05 Å². The minimum atomic E-state index is -0.716. The molecule has 7 nitrogen and oxygen atoms in total.